The van der Waals surface area contributed by atoms with Crippen LogP contribution in [0.15, 0.2) is 30.3 Å². The van der Waals surface area contributed by atoms with E-state index in [0.29, 0.717) is 31.5 Å². The van der Waals surface area contributed by atoms with Gasteiger partial charge in [-0.3, -0.25) is 0 Å². The van der Waals surface area contributed by atoms with E-state index >= 15 is 0 Å². The molecule has 0 aliphatic heterocycles. The van der Waals surface area contributed by atoms with Crippen molar-refractivity contribution in [2.24, 2.45) is 0 Å². The highest BCUT2D eigenvalue weighted by Gasteiger charge is 2.12. The Morgan fingerprint density at radius 2 is 1.56 bits per heavy atom. The summed E-state index contributed by atoms with van der Waals surface area (Å²) >= 11 is 21.1. The summed E-state index contributed by atoms with van der Waals surface area (Å²) in [6.45, 7) is 0. The van der Waals surface area contributed by atoms with Gasteiger partial charge in [0.05, 0.1) is 15.1 Å². The van der Waals surface area contributed by atoms with Gasteiger partial charge in [-0.25, -0.2) is 4.39 Å². The SMILES string of the molecule is Fc1cc(CBr)ccc1-c1cc(Cl)c(Cl)cc1Cl. The largest absolute Gasteiger partial charge is 0.206 e. The maximum atomic E-state index is 14.0. The molecule has 0 aromatic heterocycles. The smallest absolute Gasteiger partial charge is 0.131 e. The molecule has 5 heteroatoms. The molecule has 0 atom stereocenters. The molecule has 0 saturated carbocycles. The van der Waals surface area contributed by atoms with E-state index < -0.39 is 0 Å². The molecule has 0 spiro atoms. The highest BCUT2D eigenvalue weighted by atomic mass is 79.9. The van der Waals surface area contributed by atoms with Crippen LogP contribution in [-0.4, -0.2) is 0 Å². The third-order valence-corrected chi connectivity index (χ3v) is 4.17. The minimum Gasteiger partial charge on any atom is -0.206 e. The van der Waals surface area contributed by atoms with Crippen LogP contribution in [0.3, 0.4) is 0 Å². The highest BCUT2D eigenvalue weighted by molar-refractivity contribution is 9.08. The van der Waals surface area contributed by atoms with Crippen molar-refractivity contribution in [3.63, 3.8) is 0 Å². The lowest BCUT2D eigenvalue weighted by atomic mass is 10.0. The average Bonchev–Trinajstić information content (AvgIpc) is 2.34. The van der Waals surface area contributed by atoms with Crippen molar-refractivity contribution in [2.75, 3.05) is 0 Å². The van der Waals surface area contributed by atoms with E-state index in [4.69, 9.17) is 34.8 Å². The van der Waals surface area contributed by atoms with Crippen molar-refractivity contribution < 1.29 is 4.39 Å². The fourth-order valence-corrected chi connectivity index (χ4v) is 2.59. The van der Waals surface area contributed by atoms with Gasteiger partial charge in [0.25, 0.3) is 0 Å². The zero-order chi connectivity index (χ0) is 13.3. The number of benzene rings is 2. The third-order valence-electron chi connectivity index (χ3n) is 2.49. The molecule has 0 nitrogen and oxygen atoms in total. The van der Waals surface area contributed by atoms with Gasteiger partial charge in [-0.2, -0.15) is 0 Å². The van der Waals surface area contributed by atoms with E-state index in [1.54, 1.807) is 12.1 Å². The molecule has 0 fully saturated rings. The molecule has 0 radical (unpaired) electrons. The van der Waals surface area contributed by atoms with Crippen LogP contribution in [0.2, 0.25) is 15.1 Å². The molecular formula is C13H7BrCl3F. The van der Waals surface area contributed by atoms with Crippen LogP contribution in [0.5, 0.6) is 0 Å². The number of alkyl halides is 1. The van der Waals surface area contributed by atoms with Gasteiger partial charge >= 0.3 is 0 Å². The Labute approximate surface area is 128 Å². The molecule has 0 amide bonds. The molecule has 2 aromatic carbocycles. The molecule has 0 saturated heterocycles. The fraction of sp³-hybridized carbons (Fsp3) is 0.0769. The van der Waals surface area contributed by atoms with E-state index in [1.807, 2.05) is 6.07 Å². The van der Waals surface area contributed by atoms with E-state index in [1.165, 1.54) is 12.1 Å². The van der Waals surface area contributed by atoms with Crippen LogP contribution in [0.25, 0.3) is 11.1 Å². The van der Waals surface area contributed by atoms with Crippen molar-refractivity contribution >= 4 is 50.7 Å². The van der Waals surface area contributed by atoms with Crippen LogP contribution < -0.4 is 0 Å². The Bertz CT molecular complexity index is 599. The fourth-order valence-electron chi connectivity index (χ4n) is 1.59. The van der Waals surface area contributed by atoms with Gasteiger partial charge in [0, 0.05) is 16.5 Å². The lowest BCUT2D eigenvalue weighted by Crippen LogP contribution is -1.88. The summed E-state index contributed by atoms with van der Waals surface area (Å²) in [6, 6.07) is 8.05. The Balaban J connectivity index is 2.58. The number of rotatable bonds is 2. The first-order valence-corrected chi connectivity index (χ1v) is 7.27. The van der Waals surface area contributed by atoms with Crippen LogP contribution in [0, 0.1) is 5.82 Å². The molecule has 0 bridgehead atoms. The van der Waals surface area contributed by atoms with Gasteiger partial charge in [-0.05, 0) is 23.8 Å². The van der Waals surface area contributed by atoms with Crippen molar-refractivity contribution in [2.45, 2.75) is 5.33 Å². The summed E-state index contributed by atoms with van der Waals surface area (Å²) in [5.74, 6) is -0.341. The zero-order valence-corrected chi connectivity index (χ0v) is 12.8. The summed E-state index contributed by atoms with van der Waals surface area (Å²) in [5, 5.41) is 1.66. The molecule has 0 unspecified atom stereocenters. The van der Waals surface area contributed by atoms with Crippen molar-refractivity contribution in [1.29, 1.82) is 0 Å². The molecule has 0 aliphatic carbocycles. The van der Waals surface area contributed by atoms with Gasteiger partial charge in [0.15, 0.2) is 0 Å². The van der Waals surface area contributed by atoms with E-state index in [0.717, 1.165) is 5.56 Å². The van der Waals surface area contributed by atoms with Gasteiger partial charge < -0.3 is 0 Å². The maximum Gasteiger partial charge on any atom is 0.131 e. The number of hydrogen-bond donors (Lipinski definition) is 0. The van der Waals surface area contributed by atoms with E-state index in [2.05, 4.69) is 15.9 Å². The molecule has 0 aliphatic rings. The number of halogens is 5. The molecule has 18 heavy (non-hydrogen) atoms. The lowest BCUT2D eigenvalue weighted by molar-refractivity contribution is 0.630. The predicted octanol–water partition coefficient (Wildman–Crippen LogP) is 6.35. The summed E-state index contributed by atoms with van der Waals surface area (Å²) in [6.07, 6.45) is 0. The maximum absolute atomic E-state index is 14.0. The molecular weight excluding hydrogens is 361 g/mol. The van der Waals surface area contributed by atoms with E-state index in [-0.39, 0.29) is 5.82 Å². The standard InChI is InChI=1S/C13H7BrCl3F/c14-6-7-1-2-8(13(18)3-7)9-4-11(16)12(17)5-10(9)15/h1-5H,6H2. The summed E-state index contributed by atoms with van der Waals surface area (Å²) in [4.78, 5) is 0. The molecule has 94 valence electrons. The van der Waals surface area contributed by atoms with Crippen molar-refractivity contribution in [3.05, 3.63) is 56.8 Å². The van der Waals surface area contributed by atoms with Crippen LogP contribution in [0.1, 0.15) is 5.56 Å². The topological polar surface area (TPSA) is 0 Å². The van der Waals surface area contributed by atoms with Gasteiger partial charge in [-0.1, -0.05) is 62.9 Å². The Morgan fingerprint density at radius 3 is 2.17 bits per heavy atom. The van der Waals surface area contributed by atoms with Crippen LogP contribution in [-0.2, 0) is 5.33 Å². The van der Waals surface area contributed by atoms with Gasteiger partial charge in [0.2, 0.25) is 0 Å². The Morgan fingerprint density at radius 1 is 0.889 bits per heavy atom. The first-order valence-electron chi connectivity index (χ1n) is 5.02. The molecule has 2 rings (SSSR count). The first kappa shape index (κ1) is 14.1. The van der Waals surface area contributed by atoms with Gasteiger partial charge in [0.1, 0.15) is 5.82 Å². The van der Waals surface area contributed by atoms with Gasteiger partial charge in [-0.15, -0.1) is 0 Å². The van der Waals surface area contributed by atoms with Crippen LogP contribution in [0.4, 0.5) is 4.39 Å². The monoisotopic (exact) mass is 366 g/mol. The normalized spacial score (nSPS) is 10.7. The number of hydrogen-bond acceptors (Lipinski definition) is 0. The summed E-state index contributed by atoms with van der Waals surface area (Å²) < 4.78 is 14.0. The summed E-state index contributed by atoms with van der Waals surface area (Å²) in [7, 11) is 0. The quantitative estimate of drug-likeness (QED) is 0.428. The van der Waals surface area contributed by atoms with Crippen LogP contribution >= 0.6 is 50.7 Å². The minimum atomic E-state index is -0.341. The molecule has 0 N–H and O–H groups in total. The lowest BCUT2D eigenvalue weighted by Gasteiger charge is -2.09. The van der Waals surface area contributed by atoms with Crippen molar-refractivity contribution in [1.82, 2.24) is 0 Å². The predicted molar refractivity (Wildman–Crippen MR) is 79.5 cm³/mol. The Hall–Kier alpha value is -0.280. The second-order valence-electron chi connectivity index (χ2n) is 3.69. The molecule has 0 heterocycles. The highest BCUT2D eigenvalue weighted by Crippen LogP contribution is 2.36. The second kappa shape index (κ2) is 5.79. The Kier molecular flexibility index (Phi) is 4.54. The zero-order valence-electron chi connectivity index (χ0n) is 8.98. The van der Waals surface area contributed by atoms with E-state index in [9.17, 15) is 4.39 Å². The average molecular weight is 368 g/mol. The molecule has 2 aromatic rings. The minimum absolute atomic E-state index is 0.341. The van der Waals surface area contributed by atoms with Crippen molar-refractivity contribution in [3.8, 4) is 11.1 Å². The third kappa shape index (κ3) is 2.83. The second-order valence-corrected chi connectivity index (χ2v) is 5.48. The summed E-state index contributed by atoms with van der Waals surface area (Å²) in [5.41, 5.74) is 1.79. The first-order chi connectivity index (χ1) is 8.52.